The highest BCUT2D eigenvalue weighted by Crippen LogP contribution is 2.22. The largest absolute Gasteiger partial charge is 0.384 e. The van der Waals surface area contributed by atoms with Crippen LogP contribution >= 0.6 is 23.5 Å². The van der Waals surface area contributed by atoms with Gasteiger partial charge in [0.25, 0.3) is 0 Å². The summed E-state index contributed by atoms with van der Waals surface area (Å²) < 4.78 is 0. The van der Waals surface area contributed by atoms with Gasteiger partial charge in [-0.25, -0.2) is 9.97 Å². The third-order valence-corrected chi connectivity index (χ3v) is 4.04. The second-order valence-electron chi connectivity index (χ2n) is 3.85. The van der Waals surface area contributed by atoms with Crippen LogP contribution in [0.5, 0.6) is 0 Å². The van der Waals surface area contributed by atoms with E-state index in [2.05, 4.69) is 40.5 Å². The number of anilines is 1. The van der Waals surface area contributed by atoms with Crippen LogP contribution in [0, 0.1) is 6.92 Å². The minimum atomic E-state index is 0.530. The van der Waals surface area contributed by atoms with E-state index in [1.54, 1.807) is 29.6 Å². The summed E-state index contributed by atoms with van der Waals surface area (Å²) in [4.78, 5) is 9.84. The molecule has 0 aliphatic heterocycles. The molecule has 2 rings (SSSR count). The van der Waals surface area contributed by atoms with Crippen molar-refractivity contribution < 1.29 is 0 Å². The summed E-state index contributed by atoms with van der Waals surface area (Å²) in [6.07, 6.45) is 2.08. The molecular weight excluding hydrogens is 262 g/mol. The first kappa shape index (κ1) is 13.2. The van der Waals surface area contributed by atoms with Gasteiger partial charge in [0.05, 0.1) is 0 Å². The predicted octanol–water partition coefficient (Wildman–Crippen LogP) is 3.38. The molecule has 1 aromatic carbocycles. The third kappa shape index (κ3) is 3.65. The minimum absolute atomic E-state index is 0.530. The van der Waals surface area contributed by atoms with E-state index >= 15 is 0 Å². The van der Waals surface area contributed by atoms with Gasteiger partial charge in [0.2, 0.25) is 0 Å². The van der Waals surface area contributed by atoms with E-state index in [0.29, 0.717) is 5.82 Å². The molecule has 0 bridgehead atoms. The summed E-state index contributed by atoms with van der Waals surface area (Å²) in [5.74, 6) is 1.39. The van der Waals surface area contributed by atoms with Gasteiger partial charge in [0.15, 0.2) is 5.16 Å². The zero-order chi connectivity index (χ0) is 13.0. The summed E-state index contributed by atoms with van der Waals surface area (Å²) in [5.41, 5.74) is 7.87. The number of thioether (sulfide) groups is 2. The molecule has 3 nitrogen and oxygen atoms in total. The molecule has 1 aromatic heterocycles. The van der Waals surface area contributed by atoms with E-state index in [9.17, 15) is 0 Å². The van der Waals surface area contributed by atoms with Gasteiger partial charge in [-0.1, -0.05) is 23.9 Å². The predicted molar refractivity (Wildman–Crippen MR) is 79.0 cm³/mol. The summed E-state index contributed by atoms with van der Waals surface area (Å²) in [6.45, 7) is 1.93. The van der Waals surface area contributed by atoms with Gasteiger partial charge in [-0.2, -0.15) is 0 Å². The molecule has 2 aromatic rings. The molecule has 0 aliphatic rings. The van der Waals surface area contributed by atoms with Crippen molar-refractivity contribution in [1.29, 1.82) is 0 Å². The Labute approximate surface area is 116 Å². The van der Waals surface area contributed by atoms with Gasteiger partial charge in [0, 0.05) is 22.4 Å². The molecule has 0 saturated heterocycles. The lowest BCUT2D eigenvalue weighted by atomic mass is 10.2. The average Bonchev–Trinajstić information content (AvgIpc) is 2.36. The number of aryl methyl sites for hydroxylation is 1. The lowest BCUT2D eigenvalue weighted by Gasteiger charge is -2.04. The van der Waals surface area contributed by atoms with Crippen LogP contribution in [0.25, 0.3) is 0 Å². The molecule has 94 valence electrons. The maximum atomic E-state index is 5.70. The molecule has 0 atom stereocenters. The molecule has 5 heteroatoms. The summed E-state index contributed by atoms with van der Waals surface area (Å²) >= 11 is 3.35. The van der Waals surface area contributed by atoms with Crippen LogP contribution < -0.4 is 5.73 Å². The van der Waals surface area contributed by atoms with E-state index in [1.165, 1.54) is 10.5 Å². The zero-order valence-corrected chi connectivity index (χ0v) is 12.0. The number of benzene rings is 1. The number of hydrogen-bond donors (Lipinski definition) is 1. The fourth-order valence-corrected chi connectivity index (χ4v) is 2.77. The number of hydrogen-bond acceptors (Lipinski definition) is 5. The maximum Gasteiger partial charge on any atom is 0.190 e. The Morgan fingerprint density at radius 3 is 2.50 bits per heavy atom. The van der Waals surface area contributed by atoms with Crippen LogP contribution in [0.15, 0.2) is 40.4 Å². The van der Waals surface area contributed by atoms with E-state index in [1.807, 2.05) is 6.92 Å². The van der Waals surface area contributed by atoms with Crippen molar-refractivity contribution >= 4 is 29.3 Å². The van der Waals surface area contributed by atoms with Crippen LogP contribution in [0.3, 0.4) is 0 Å². The third-order valence-electron chi connectivity index (χ3n) is 2.38. The Hall–Kier alpha value is -1.20. The van der Waals surface area contributed by atoms with Crippen LogP contribution in [0.4, 0.5) is 5.82 Å². The zero-order valence-electron chi connectivity index (χ0n) is 10.4. The second kappa shape index (κ2) is 6.11. The molecule has 0 fully saturated rings. The smallest absolute Gasteiger partial charge is 0.190 e. The highest BCUT2D eigenvalue weighted by molar-refractivity contribution is 7.98. The average molecular weight is 277 g/mol. The summed E-state index contributed by atoms with van der Waals surface area (Å²) in [6, 6.07) is 10.3. The van der Waals surface area contributed by atoms with Crippen LogP contribution in [0.2, 0.25) is 0 Å². The molecule has 0 radical (unpaired) electrons. The Morgan fingerprint density at radius 1 is 1.17 bits per heavy atom. The number of nitrogens with two attached hydrogens (primary N) is 1. The van der Waals surface area contributed by atoms with Gasteiger partial charge >= 0.3 is 0 Å². The first-order chi connectivity index (χ1) is 8.67. The van der Waals surface area contributed by atoms with Gasteiger partial charge in [-0.3, -0.25) is 0 Å². The minimum Gasteiger partial charge on any atom is -0.384 e. The van der Waals surface area contributed by atoms with Crippen molar-refractivity contribution in [3.05, 3.63) is 41.6 Å². The molecule has 18 heavy (non-hydrogen) atoms. The van der Waals surface area contributed by atoms with E-state index in [4.69, 9.17) is 5.73 Å². The Bertz CT molecular complexity index is 506. The Balaban J connectivity index is 2.01. The molecular formula is C13H15N3S2. The van der Waals surface area contributed by atoms with Crippen molar-refractivity contribution in [2.45, 2.75) is 22.7 Å². The van der Waals surface area contributed by atoms with Crippen LogP contribution in [-0.4, -0.2) is 16.2 Å². The first-order valence-corrected chi connectivity index (χ1v) is 7.75. The van der Waals surface area contributed by atoms with Crippen LogP contribution in [-0.2, 0) is 5.75 Å². The van der Waals surface area contributed by atoms with E-state index < -0.39 is 0 Å². The summed E-state index contributed by atoms with van der Waals surface area (Å²) in [5, 5.41) is 0.737. The fraction of sp³-hybridized carbons (Fsp3) is 0.231. The van der Waals surface area contributed by atoms with E-state index in [0.717, 1.165) is 16.6 Å². The standard InChI is InChI=1S/C13H15N3S2/c1-9-7-12(14)16-13(15-9)18-8-10-3-5-11(17-2)6-4-10/h3-7H,8H2,1-2H3,(H2,14,15,16). The highest BCUT2D eigenvalue weighted by Gasteiger charge is 2.02. The first-order valence-electron chi connectivity index (χ1n) is 5.54. The van der Waals surface area contributed by atoms with Crippen molar-refractivity contribution in [2.75, 3.05) is 12.0 Å². The maximum absolute atomic E-state index is 5.70. The van der Waals surface area contributed by atoms with Gasteiger partial charge in [0.1, 0.15) is 5.82 Å². The topological polar surface area (TPSA) is 51.8 Å². The summed E-state index contributed by atoms with van der Waals surface area (Å²) in [7, 11) is 0. The van der Waals surface area contributed by atoms with Gasteiger partial charge in [-0.05, 0) is 30.9 Å². The van der Waals surface area contributed by atoms with Gasteiger partial charge < -0.3 is 5.73 Å². The molecule has 0 aliphatic carbocycles. The second-order valence-corrected chi connectivity index (χ2v) is 5.68. The van der Waals surface area contributed by atoms with Crippen molar-refractivity contribution in [3.63, 3.8) is 0 Å². The van der Waals surface area contributed by atoms with E-state index in [-0.39, 0.29) is 0 Å². The lowest BCUT2D eigenvalue weighted by Crippen LogP contribution is -1.96. The number of rotatable bonds is 4. The number of nitrogen functional groups attached to an aromatic ring is 1. The molecule has 0 spiro atoms. The quantitative estimate of drug-likeness (QED) is 0.686. The molecule has 1 heterocycles. The highest BCUT2D eigenvalue weighted by atomic mass is 32.2. The molecule has 2 N–H and O–H groups in total. The van der Waals surface area contributed by atoms with Crippen molar-refractivity contribution in [3.8, 4) is 0 Å². The van der Waals surface area contributed by atoms with Crippen molar-refractivity contribution in [1.82, 2.24) is 9.97 Å². The van der Waals surface area contributed by atoms with Crippen LogP contribution in [0.1, 0.15) is 11.3 Å². The Kier molecular flexibility index (Phi) is 4.49. The lowest BCUT2D eigenvalue weighted by molar-refractivity contribution is 0.940. The SMILES string of the molecule is CSc1ccc(CSc2nc(C)cc(N)n2)cc1. The monoisotopic (exact) mass is 277 g/mol. The number of nitrogens with zero attached hydrogens (tertiary/aromatic N) is 2. The number of aromatic nitrogens is 2. The normalized spacial score (nSPS) is 10.6. The molecule has 0 saturated carbocycles. The van der Waals surface area contributed by atoms with Gasteiger partial charge in [-0.15, -0.1) is 11.8 Å². The molecule has 0 amide bonds. The Morgan fingerprint density at radius 2 is 1.89 bits per heavy atom. The molecule has 0 unspecified atom stereocenters. The fourth-order valence-electron chi connectivity index (χ4n) is 1.50. The van der Waals surface area contributed by atoms with Crippen molar-refractivity contribution in [2.24, 2.45) is 0 Å².